The van der Waals surface area contributed by atoms with Crippen LogP contribution >= 0.6 is 0 Å². The minimum atomic E-state index is -4.39. The van der Waals surface area contributed by atoms with E-state index in [2.05, 4.69) is 5.32 Å². The van der Waals surface area contributed by atoms with Crippen molar-refractivity contribution in [3.63, 3.8) is 0 Å². The van der Waals surface area contributed by atoms with Gasteiger partial charge in [0.15, 0.2) is 12.2 Å². The molecule has 4 unspecified atom stereocenters. The maximum atomic E-state index is 13.0. The number of carbonyl (C=O) groups is 4. The Balaban J connectivity index is 0.000000295. The molecular weight excluding hydrogens is 911 g/mol. The van der Waals surface area contributed by atoms with Crippen LogP contribution in [0.15, 0.2) is 48.5 Å². The van der Waals surface area contributed by atoms with Crippen molar-refractivity contribution in [2.45, 2.75) is 110 Å². The summed E-state index contributed by atoms with van der Waals surface area (Å²) in [5.74, 6) is 0.107. The van der Waals surface area contributed by atoms with E-state index in [1.54, 1.807) is 46.4 Å². The molecule has 4 heterocycles. The van der Waals surface area contributed by atoms with Crippen molar-refractivity contribution in [2.24, 2.45) is 11.8 Å². The van der Waals surface area contributed by atoms with Gasteiger partial charge in [-0.05, 0) is 122 Å². The SMILES string of the molecule is C.CC(C)(C)OC(=O)N1CCOC(C(=O)N2CCCC(COc3ccc(C(F)(F)F)cc3)C2)C1.CC(C)(C)OC(=O)N1CCOC(C(=O)O)C1.FC(F)(F)c1ccc(OCC2CCCNC2)cc1. The molecule has 4 aliphatic rings. The average Bonchev–Trinajstić information content (AvgIpc) is 3.27. The zero-order valence-electron chi connectivity index (χ0n) is 38.9. The topological polar surface area (TPSA) is 166 Å². The van der Waals surface area contributed by atoms with Crippen LogP contribution in [0.4, 0.5) is 35.9 Å². The zero-order valence-corrected chi connectivity index (χ0v) is 38.9. The van der Waals surface area contributed by atoms with E-state index >= 15 is 0 Å². The fraction of sp³-hybridized carbons (Fsp3) is 0.660. The van der Waals surface area contributed by atoms with Crippen molar-refractivity contribution in [1.82, 2.24) is 20.0 Å². The summed E-state index contributed by atoms with van der Waals surface area (Å²) in [7, 11) is 0. The summed E-state index contributed by atoms with van der Waals surface area (Å²) in [5.41, 5.74) is -2.57. The number of alkyl halides is 6. The second-order valence-electron chi connectivity index (χ2n) is 18.6. The van der Waals surface area contributed by atoms with Crippen LogP contribution < -0.4 is 14.8 Å². The van der Waals surface area contributed by atoms with Gasteiger partial charge in [-0.15, -0.1) is 0 Å². The first-order valence-corrected chi connectivity index (χ1v) is 22.3. The molecule has 15 nitrogen and oxygen atoms in total. The van der Waals surface area contributed by atoms with Gasteiger partial charge in [-0.2, -0.15) is 26.3 Å². The van der Waals surface area contributed by atoms with Gasteiger partial charge in [0, 0.05) is 44.6 Å². The van der Waals surface area contributed by atoms with E-state index in [1.165, 1.54) is 34.1 Å². The van der Waals surface area contributed by atoms with Crippen molar-refractivity contribution in [1.29, 1.82) is 0 Å². The number of nitrogens with zero attached hydrogens (tertiary/aromatic N) is 3. The number of rotatable bonds is 8. The molecule has 0 radical (unpaired) electrons. The Bertz CT molecular complexity index is 1880. The third-order valence-corrected chi connectivity index (χ3v) is 10.6. The molecule has 4 saturated heterocycles. The fourth-order valence-electron chi connectivity index (χ4n) is 7.16. The largest absolute Gasteiger partial charge is 0.493 e. The highest BCUT2D eigenvalue weighted by molar-refractivity contribution is 5.82. The van der Waals surface area contributed by atoms with Crippen molar-refractivity contribution < 1.29 is 79.0 Å². The van der Waals surface area contributed by atoms with Crippen LogP contribution in [0.3, 0.4) is 0 Å². The fourth-order valence-corrected chi connectivity index (χ4v) is 7.16. The number of aliphatic carboxylic acids is 1. The van der Waals surface area contributed by atoms with E-state index < -0.39 is 65.0 Å². The Morgan fingerprint density at radius 1 is 0.632 bits per heavy atom. The van der Waals surface area contributed by atoms with Gasteiger partial charge in [0.05, 0.1) is 50.6 Å². The van der Waals surface area contributed by atoms with Crippen LogP contribution in [0, 0.1) is 11.8 Å². The summed E-state index contributed by atoms with van der Waals surface area (Å²) in [6.45, 7) is 15.9. The number of morpholine rings is 2. The molecule has 384 valence electrons. The number of carbonyl (C=O) groups excluding carboxylic acids is 3. The molecule has 4 aliphatic heterocycles. The van der Waals surface area contributed by atoms with Crippen molar-refractivity contribution in [3.8, 4) is 11.5 Å². The summed E-state index contributed by atoms with van der Waals surface area (Å²) in [4.78, 5) is 52.3. The normalized spacial score (nSPS) is 21.3. The quantitative estimate of drug-likeness (QED) is 0.243. The molecule has 4 atom stereocenters. The van der Waals surface area contributed by atoms with Crippen LogP contribution in [0.2, 0.25) is 0 Å². The number of nitrogens with one attached hydrogen (secondary N) is 1. The predicted molar refractivity (Wildman–Crippen MR) is 238 cm³/mol. The van der Waals surface area contributed by atoms with Crippen LogP contribution in [0.1, 0.15) is 85.8 Å². The van der Waals surface area contributed by atoms with Crippen LogP contribution in [-0.2, 0) is 40.9 Å². The van der Waals surface area contributed by atoms with Gasteiger partial charge in [-0.3, -0.25) is 4.79 Å². The first-order valence-electron chi connectivity index (χ1n) is 22.3. The van der Waals surface area contributed by atoms with Gasteiger partial charge in [-0.25, -0.2) is 14.4 Å². The van der Waals surface area contributed by atoms with Gasteiger partial charge >= 0.3 is 30.5 Å². The summed E-state index contributed by atoms with van der Waals surface area (Å²) in [6, 6.07) is 9.43. The minimum absolute atomic E-state index is 0. The van der Waals surface area contributed by atoms with Gasteiger partial charge in [0.1, 0.15) is 22.7 Å². The molecule has 0 saturated carbocycles. The third kappa shape index (κ3) is 19.9. The molecule has 4 fully saturated rings. The molecule has 2 aromatic carbocycles. The highest BCUT2D eigenvalue weighted by Crippen LogP contribution is 2.32. The number of hydrogen-bond acceptors (Lipinski definition) is 11. The maximum absolute atomic E-state index is 13.0. The Hall–Kier alpha value is -5.02. The monoisotopic (exact) mass is 978 g/mol. The Morgan fingerprint density at radius 3 is 1.50 bits per heavy atom. The summed E-state index contributed by atoms with van der Waals surface area (Å²) >= 11 is 0. The number of carboxylic acid groups (broad SMARTS) is 1. The van der Waals surface area contributed by atoms with Gasteiger partial charge in [0.2, 0.25) is 0 Å². The first kappa shape index (κ1) is 57.3. The van der Waals surface area contributed by atoms with E-state index in [0.717, 1.165) is 63.0 Å². The lowest BCUT2D eigenvalue weighted by Crippen LogP contribution is -2.55. The standard InChI is InChI=1S/C23H31F3N2O5.C13H16F3NO.C10H17NO5.CH4/c1-22(2,3)33-21(30)28-11-12-31-19(14-28)20(29)27-10-4-5-16(13-27)15-32-18-8-6-17(7-9-18)23(24,25)26;14-13(15,16)11-3-5-12(6-4-11)18-9-10-2-1-7-17-8-10;1-10(2,3)16-9(14)11-4-5-15-7(6-11)8(12)13;/h6-9,16,19H,4-5,10-15H2,1-3H3;3-6,10,17H,1-2,7-9H2;7H,4-6H2,1-3H3,(H,12,13);1H4. The number of amides is 3. The molecule has 0 bridgehead atoms. The second kappa shape index (κ2) is 25.5. The molecule has 2 aromatic rings. The molecule has 3 amide bonds. The Labute approximate surface area is 394 Å². The number of hydrogen-bond donors (Lipinski definition) is 2. The minimum Gasteiger partial charge on any atom is -0.493 e. The number of carboxylic acids is 1. The zero-order chi connectivity index (χ0) is 49.6. The number of benzene rings is 2. The van der Waals surface area contributed by atoms with E-state index in [-0.39, 0.29) is 45.6 Å². The van der Waals surface area contributed by atoms with E-state index in [4.69, 9.17) is 33.5 Å². The molecule has 0 aromatic heterocycles. The maximum Gasteiger partial charge on any atom is 0.416 e. The predicted octanol–water partition coefficient (Wildman–Crippen LogP) is 8.39. The summed E-state index contributed by atoms with van der Waals surface area (Å²) < 4.78 is 107. The molecule has 68 heavy (non-hydrogen) atoms. The molecule has 6 rings (SSSR count). The number of halogens is 6. The lowest BCUT2D eigenvalue weighted by atomic mass is 9.98. The molecule has 2 N–H and O–H groups in total. The molecule has 0 aliphatic carbocycles. The molecular formula is C47H68F6N4O11. The third-order valence-electron chi connectivity index (χ3n) is 10.6. The Morgan fingerprint density at radius 2 is 1.07 bits per heavy atom. The molecule has 0 spiro atoms. The lowest BCUT2D eigenvalue weighted by molar-refractivity contribution is -0.155. The number of likely N-dealkylation sites (tertiary alicyclic amines) is 1. The highest BCUT2D eigenvalue weighted by Gasteiger charge is 2.37. The van der Waals surface area contributed by atoms with E-state index in [9.17, 15) is 45.5 Å². The Kier molecular flexibility index (Phi) is 21.5. The van der Waals surface area contributed by atoms with Crippen LogP contribution in [0.5, 0.6) is 11.5 Å². The van der Waals surface area contributed by atoms with Crippen LogP contribution in [-0.4, -0.2) is 146 Å². The highest BCUT2D eigenvalue weighted by atomic mass is 19.4. The van der Waals surface area contributed by atoms with Crippen LogP contribution in [0.25, 0.3) is 0 Å². The summed E-state index contributed by atoms with van der Waals surface area (Å²) in [5, 5.41) is 12.0. The summed E-state index contributed by atoms with van der Waals surface area (Å²) in [6.07, 6.45) is -7.48. The van der Waals surface area contributed by atoms with Crippen molar-refractivity contribution in [2.75, 3.05) is 78.8 Å². The number of piperidine rings is 2. The average molecular weight is 979 g/mol. The first-order chi connectivity index (χ1) is 31.3. The van der Waals surface area contributed by atoms with Gasteiger partial charge < -0.3 is 53.5 Å². The smallest absolute Gasteiger partial charge is 0.416 e. The van der Waals surface area contributed by atoms with Crippen molar-refractivity contribution in [3.05, 3.63) is 59.7 Å². The van der Waals surface area contributed by atoms with Crippen molar-refractivity contribution >= 4 is 24.1 Å². The molecule has 21 heteroatoms. The lowest BCUT2D eigenvalue weighted by Gasteiger charge is -2.38. The number of ether oxygens (including phenoxy) is 6. The van der Waals surface area contributed by atoms with Gasteiger partial charge in [-0.1, -0.05) is 7.43 Å². The van der Waals surface area contributed by atoms with E-state index in [0.29, 0.717) is 56.8 Å². The van der Waals surface area contributed by atoms with Gasteiger partial charge in [0.25, 0.3) is 5.91 Å². The van der Waals surface area contributed by atoms with E-state index in [1.807, 2.05) is 0 Å². The second-order valence-corrected chi connectivity index (χ2v) is 18.6.